The molecule has 0 spiro atoms. The molecule has 4 atom stereocenters. The number of carbonyl (C=O) groups is 3. The van der Waals surface area contributed by atoms with Crippen LogP contribution in [0.25, 0.3) is 0 Å². The Morgan fingerprint density at radius 2 is 1.62 bits per heavy atom. The smallest absolute Gasteiger partial charge is 0.328 e. The monoisotopic (exact) mass is 581 g/mol. The van der Waals surface area contributed by atoms with Gasteiger partial charge in [-0.2, -0.15) is 0 Å². The van der Waals surface area contributed by atoms with E-state index in [0.29, 0.717) is 25.7 Å². The number of esters is 2. The van der Waals surface area contributed by atoms with Crippen LogP contribution in [0.2, 0.25) is 0 Å². The summed E-state index contributed by atoms with van der Waals surface area (Å²) >= 11 is 0. The predicted octanol–water partition coefficient (Wildman–Crippen LogP) is 8.05. The van der Waals surface area contributed by atoms with E-state index in [2.05, 4.69) is 36.5 Å². The van der Waals surface area contributed by atoms with Gasteiger partial charge in [0, 0.05) is 6.42 Å². The zero-order chi connectivity index (χ0) is 30.4. The van der Waals surface area contributed by atoms with Crippen LogP contribution < -0.4 is 5.32 Å². The van der Waals surface area contributed by atoms with Gasteiger partial charge in [-0.05, 0) is 69.3 Å². The zero-order valence-electron chi connectivity index (χ0n) is 26.3. The first kappa shape index (κ1) is 35.3. The number of nitrogens with one attached hydrogen (secondary N) is 1. The molecule has 234 valence electrons. The number of cyclic esters (lactones) is 1. The average Bonchev–Trinajstić information content (AvgIpc) is 2.97. The van der Waals surface area contributed by atoms with E-state index >= 15 is 0 Å². The summed E-state index contributed by atoms with van der Waals surface area (Å²) in [6.07, 6.45) is 24.1. The summed E-state index contributed by atoms with van der Waals surface area (Å²) in [5, 5.41) is 2.62. The molecule has 1 aromatic carbocycles. The minimum atomic E-state index is -0.668. The van der Waals surface area contributed by atoms with Gasteiger partial charge in [-0.15, -0.1) is 0 Å². The third kappa shape index (κ3) is 14.8. The lowest BCUT2D eigenvalue weighted by Crippen LogP contribution is -2.49. The molecule has 1 N–H and O–H groups in total. The van der Waals surface area contributed by atoms with Crippen LogP contribution in [0, 0.1) is 11.8 Å². The zero-order valence-corrected chi connectivity index (χ0v) is 26.3. The molecule has 1 heterocycles. The summed E-state index contributed by atoms with van der Waals surface area (Å²) < 4.78 is 11.5. The number of amides is 1. The van der Waals surface area contributed by atoms with Crippen molar-refractivity contribution < 1.29 is 23.9 Å². The van der Waals surface area contributed by atoms with Crippen LogP contribution in [0.3, 0.4) is 0 Å². The number of carbonyl (C=O) groups excluding carboxylic acids is 3. The van der Waals surface area contributed by atoms with Crippen molar-refractivity contribution in [3.63, 3.8) is 0 Å². The predicted molar refractivity (Wildman–Crippen MR) is 170 cm³/mol. The maximum atomic E-state index is 13.0. The highest BCUT2D eigenvalue weighted by molar-refractivity contribution is 5.79. The lowest BCUT2D eigenvalue weighted by atomic mass is 9.86. The van der Waals surface area contributed by atoms with Crippen molar-refractivity contribution in [2.75, 3.05) is 0 Å². The van der Waals surface area contributed by atoms with Gasteiger partial charge in [-0.1, -0.05) is 108 Å². The van der Waals surface area contributed by atoms with Gasteiger partial charge in [0.15, 0.2) is 0 Å². The molecule has 6 heteroatoms. The Labute approximate surface area is 254 Å². The number of allylic oxidation sites excluding steroid dienone is 4. The SMILES string of the molecule is CCCCC/C=C\C/C=C\CCCCCCCC(C[C@@H]1OC(=O)[C@H]1Cc1ccccc1)OC(=O)[C@H](CC(C)C)NC=O. The molecule has 0 radical (unpaired) electrons. The molecule has 0 aromatic heterocycles. The fourth-order valence-corrected chi connectivity index (χ4v) is 5.39. The third-order valence-corrected chi connectivity index (χ3v) is 7.83. The summed E-state index contributed by atoms with van der Waals surface area (Å²) in [7, 11) is 0. The highest BCUT2D eigenvalue weighted by Crippen LogP contribution is 2.31. The Bertz CT molecular complexity index is 941. The van der Waals surface area contributed by atoms with E-state index in [0.717, 1.165) is 44.1 Å². The van der Waals surface area contributed by atoms with Gasteiger partial charge in [0.25, 0.3) is 0 Å². The van der Waals surface area contributed by atoms with Crippen LogP contribution in [0.4, 0.5) is 0 Å². The van der Waals surface area contributed by atoms with Crippen molar-refractivity contribution in [3.05, 3.63) is 60.2 Å². The molecule has 1 aliphatic heterocycles. The maximum Gasteiger partial charge on any atom is 0.328 e. The highest BCUT2D eigenvalue weighted by atomic mass is 16.6. The molecule has 1 fully saturated rings. The topological polar surface area (TPSA) is 81.7 Å². The molecule has 1 saturated heterocycles. The normalized spacial score (nSPS) is 18.1. The Morgan fingerprint density at radius 3 is 2.26 bits per heavy atom. The second-order valence-electron chi connectivity index (χ2n) is 12.1. The van der Waals surface area contributed by atoms with Gasteiger partial charge in [-0.25, -0.2) is 4.79 Å². The van der Waals surface area contributed by atoms with Crippen molar-refractivity contribution in [2.24, 2.45) is 11.8 Å². The van der Waals surface area contributed by atoms with E-state index in [4.69, 9.17) is 9.47 Å². The summed E-state index contributed by atoms with van der Waals surface area (Å²) in [6, 6.07) is 9.27. The molecule has 0 aliphatic carbocycles. The van der Waals surface area contributed by atoms with Gasteiger partial charge in [-0.3, -0.25) is 9.59 Å². The van der Waals surface area contributed by atoms with E-state index in [-0.39, 0.29) is 30.0 Å². The Balaban J connectivity index is 1.78. The van der Waals surface area contributed by atoms with Crippen LogP contribution in [-0.4, -0.2) is 36.6 Å². The molecule has 1 aromatic rings. The molecule has 1 aliphatic rings. The summed E-state index contributed by atoms with van der Waals surface area (Å²) in [6.45, 7) is 6.25. The van der Waals surface area contributed by atoms with Crippen molar-refractivity contribution in [1.82, 2.24) is 5.32 Å². The molecule has 1 amide bonds. The Kier molecular flexibility index (Phi) is 18.3. The van der Waals surface area contributed by atoms with Gasteiger partial charge >= 0.3 is 11.9 Å². The van der Waals surface area contributed by atoms with Gasteiger partial charge in [0.2, 0.25) is 6.41 Å². The number of benzene rings is 1. The molecular weight excluding hydrogens is 526 g/mol. The van der Waals surface area contributed by atoms with Crippen molar-refractivity contribution >= 4 is 18.3 Å². The molecule has 2 rings (SSSR count). The van der Waals surface area contributed by atoms with Crippen LogP contribution in [0.15, 0.2) is 54.6 Å². The summed E-state index contributed by atoms with van der Waals surface area (Å²) in [5.41, 5.74) is 1.10. The molecular formula is C36H55NO5. The fraction of sp³-hybridized carbons (Fsp3) is 0.639. The summed E-state index contributed by atoms with van der Waals surface area (Å²) in [4.78, 5) is 36.4. The standard InChI is InChI=1S/C36H55NO5/c1-4-5-6-7-8-9-10-11-12-13-14-15-16-17-21-24-31(41-36(40)33(37-28-38)25-29(2)3)27-34-32(35(39)42-34)26-30-22-19-18-20-23-30/h8-9,11-12,18-20,22-23,28-29,31-34H,4-7,10,13-17,21,24-27H2,1-3H3,(H,37,38)/b9-8-,12-11-/t31?,32-,33-,34-/m0/s1. The van der Waals surface area contributed by atoms with Crippen LogP contribution in [0.1, 0.15) is 116 Å². The lowest BCUT2D eigenvalue weighted by molar-refractivity contribution is -0.189. The highest BCUT2D eigenvalue weighted by Gasteiger charge is 2.44. The van der Waals surface area contributed by atoms with Crippen LogP contribution >= 0.6 is 0 Å². The molecule has 0 bridgehead atoms. The number of ether oxygens (including phenoxy) is 2. The first-order chi connectivity index (χ1) is 20.4. The van der Waals surface area contributed by atoms with Gasteiger partial charge in [0.05, 0.1) is 5.92 Å². The lowest BCUT2D eigenvalue weighted by Gasteiger charge is -2.37. The quantitative estimate of drug-likeness (QED) is 0.0578. The van der Waals surface area contributed by atoms with Crippen molar-refractivity contribution in [2.45, 2.75) is 135 Å². The van der Waals surface area contributed by atoms with Crippen LogP contribution in [-0.2, 0) is 30.3 Å². The van der Waals surface area contributed by atoms with Crippen LogP contribution in [0.5, 0.6) is 0 Å². The van der Waals surface area contributed by atoms with E-state index in [1.807, 2.05) is 44.2 Å². The molecule has 0 saturated carbocycles. The second kappa shape index (κ2) is 21.8. The fourth-order valence-electron chi connectivity index (χ4n) is 5.39. The van der Waals surface area contributed by atoms with E-state index in [9.17, 15) is 14.4 Å². The minimum absolute atomic E-state index is 0.189. The average molecular weight is 582 g/mol. The van der Waals surface area contributed by atoms with Crippen molar-refractivity contribution in [3.8, 4) is 0 Å². The van der Waals surface area contributed by atoms with E-state index in [1.54, 1.807) is 0 Å². The maximum absolute atomic E-state index is 13.0. The van der Waals surface area contributed by atoms with E-state index < -0.39 is 12.0 Å². The number of hydrogen-bond acceptors (Lipinski definition) is 5. The largest absolute Gasteiger partial charge is 0.461 e. The Morgan fingerprint density at radius 1 is 0.952 bits per heavy atom. The Hall–Kier alpha value is -2.89. The second-order valence-corrected chi connectivity index (χ2v) is 12.1. The van der Waals surface area contributed by atoms with Crippen molar-refractivity contribution in [1.29, 1.82) is 0 Å². The number of rotatable bonds is 24. The number of hydrogen-bond donors (Lipinski definition) is 1. The van der Waals surface area contributed by atoms with Gasteiger partial charge in [0.1, 0.15) is 18.2 Å². The first-order valence-electron chi connectivity index (χ1n) is 16.4. The third-order valence-electron chi connectivity index (χ3n) is 7.83. The first-order valence-corrected chi connectivity index (χ1v) is 16.4. The molecule has 1 unspecified atom stereocenters. The molecule has 6 nitrogen and oxygen atoms in total. The minimum Gasteiger partial charge on any atom is -0.461 e. The van der Waals surface area contributed by atoms with Gasteiger partial charge < -0.3 is 14.8 Å². The number of unbranched alkanes of at least 4 members (excludes halogenated alkanes) is 8. The summed E-state index contributed by atoms with van der Waals surface area (Å²) in [5.74, 6) is -0.587. The van der Waals surface area contributed by atoms with E-state index in [1.165, 1.54) is 38.5 Å². The molecule has 42 heavy (non-hydrogen) atoms.